The van der Waals surface area contributed by atoms with Gasteiger partial charge in [0.1, 0.15) is 0 Å². The second-order valence-corrected chi connectivity index (χ2v) is 7.84. The summed E-state index contributed by atoms with van der Waals surface area (Å²) in [4.78, 5) is 12.3. The van der Waals surface area contributed by atoms with Crippen molar-refractivity contribution < 1.29 is 18.3 Å². The van der Waals surface area contributed by atoms with E-state index in [1.807, 2.05) is 31.2 Å². The summed E-state index contributed by atoms with van der Waals surface area (Å²) >= 11 is 0. The molecular weight excluding hydrogens is 326 g/mol. The Morgan fingerprint density at radius 2 is 1.67 bits per heavy atom. The fourth-order valence-electron chi connectivity index (χ4n) is 2.18. The predicted molar refractivity (Wildman–Crippen MR) is 92.6 cm³/mol. The molecule has 2 rings (SSSR count). The highest BCUT2D eigenvalue weighted by Gasteiger charge is 2.14. The van der Waals surface area contributed by atoms with E-state index in [2.05, 4.69) is 5.32 Å². The Hall–Kier alpha value is -2.18. The maximum absolute atomic E-state index is 12.1. The van der Waals surface area contributed by atoms with Crippen LogP contribution in [0.1, 0.15) is 34.5 Å². The number of carbonyl (C=O) groups excluding carboxylic acids is 1. The number of rotatable bonds is 6. The summed E-state index contributed by atoms with van der Waals surface area (Å²) in [5.41, 5.74) is 2.17. The van der Waals surface area contributed by atoms with Crippen LogP contribution in [0.4, 0.5) is 0 Å². The van der Waals surface area contributed by atoms with E-state index in [0.29, 0.717) is 5.56 Å². The van der Waals surface area contributed by atoms with E-state index in [0.717, 1.165) is 11.1 Å². The molecular formula is C18H21NO4S. The molecule has 0 unspecified atom stereocenters. The summed E-state index contributed by atoms with van der Waals surface area (Å²) in [7, 11) is -3.28. The lowest BCUT2D eigenvalue weighted by Crippen LogP contribution is -2.28. The summed E-state index contributed by atoms with van der Waals surface area (Å²) in [6, 6.07) is 13.2. The molecule has 0 fully saturated rings. The standard InChI is InChI=1S/C18H21NO4S/c1-3-24(22,23)16-10-8-15(9-11-16)18(21)19-12-17(20)14-6-4-13(2)5-7-14/h4-11,17,20H,3,12H2,1-2H3,(H,19,21)/t17-/m1/s1. The average Bonchev–Trinajstić information content (AvgIpc) is 2.60. The van der Waals surface area contributed by atoms with E-state index in [1.165, 1.54) is 24.3 Å². The van der Waals surface area contributed by atoms with Gasteiger partial charge in [0.15, 0.2) is 9.84 Å². The summed E-state index contributed by atoms with van der Waals surface area (Å²) < 4.78 is 23.5. The minimum absolute atomic E-state index is 0.0152. The summed E-state index contributed by atoms with van der Waals surface area (Å²) in [5.74, 6) is -0.344. The molecule has 0 aromatic heterocycles. The summed E-state index contributed by atoms with van der Waals surface area (Å²) in [6.45, 7) is 3.61. The molecule has 24 heavy (non-hydrogen) atoms. The van der Waals surface area contributed by atoms with Gasteiger partial charge in [0.25, 0.3) is 5.91 Å². The third-order valence-electron chi connectivity index (χ3n) is 3.77. The molecule has 6 heteroatoms. The van der Waals surface area contributed by atoms with E-state index >= 15 is 0 Å². The fourth-order valence-corrected chi connectivity index (χ4v) is 3.06. The molecule has 0 saturated heterocycles. The number of aliphatic hydroxyl groups excluding tert-OH is 1. The first-order chi connectivity index (χ1) is 11.3. The lowest BCUT2D eigenvalue weighted by atomic mass is 10.1. The maximum Gasteiger partial charge on any atom is 0.251 e. The van der Waals surface area contributed by atoms with Gasteiger partial charge in [-0.1, -0.05) is 36.8 Å². The van der Waals surface area contributed by atoms with Gasteiger partial charge in [-0.2, -0.15) is 0 Å². The molecule has 0 bridgehead atoms. The molecule has 2 aromatic rings. The monoisotopic (exact) mass is 347 g/mol. The number of nitrogens with one attached hydrogen (secondary N) is 1. The number of benzene rings is 2. The first-order valence-corrected chi connectivity index (χ1v) is 9.34. The van der Waals surface area contributed by atoms with Crippen LogP contribution in [0.3, 0.4) is 0 Å². The van der Waals surface area contributed by atoms with Crippen LogP contribution in [0.5, 0.6) is 0 Å². The number of aliphatic hydroxyl groups is 1. The van der Waals surface area contributed by atoms with Crippen LogP contribution in [-0.2, 0) is 9.84 Å². The molecule has 0 spiro atoms. The normalized spacial score (nSPS) is 12.6. The molecule has 2 aromatic carbocycles. The highest BCUT2D eigenvalue weighted by Crippen LogP contribution is 2.14. The van der Waals surface area contributed by atoms with Crippen LogP contribution in [-0.4, -0.2) is 31.7 Å². The van der Waals surface area contributed by atoms with Crippen molar-refractivity contribution in [3.8, 4) is 0 Å². The highest BCUT2D eigenvalue weighted by molar-refractivity contribution is 7.91. The molecule has 0 radical (unpaired) electrons. The fraction of sp³-hybridized carbons (Fsp3) is 0.278. The van der Waals surface area contributed by atoms with Crippen molar-refractivity contribution in [2.75, 3.05) is 12.3 Å². The first-order valence-electron chi connectivity index (χ1n) is 7.69. The van der Waals surface area contributed by atoms with E-state index in [1.54, 1.807) is 6.92 Å². The van der Waals surface area contributed by atoms with Gasteiger partial charge in [-0.3, -0.25) is 4.79 Å². The minimum Gasteiger partial charge on any atom is -0.387 e. The summed E-state index contributed by atoms with van der Waals surface area (Å²) in [6.07, 6.45) is -0.797. The van der Waals surface area contributed by atoms with Gasteiger partial charge in [-0.25, -0.2) is 8.42 Å². The third kappa shape index (κ3) is 4.43. The van der Waals surface area contributed by atoms with Crippen molar-refractivity contribution in [1.82, 2.24) is 5.32 Å². The van der Waals surface area contributed by atoms with Crippen molar-refractivity contribution in [3.05, 3.63) is 65.2 Å². The number of carbonyl (C=O) groups is 1. The maximum atomic E-state index is 12.1. The number of aryl methyl sites for hydroxylation is 1. The zero-order chi connectivity index (χ0) is 17.7. The molecule has 5 nitrogen and oxygen atoms in total. The molecule has 0 heterocycles. The van der Waals surface area contributed by atoms with Gasteiger partial charge in [0, 0.05) is 12.1 Å². The van der Waals surface area contributed by atoms with E-state index < -0.39 is 15.9 Å². The summed E-state index contributed by atoms with van der Waals surface area (Å²) in [5, 5.41) is 12.7. The van der Waals surface area contributed by atoms with Crippen molar-refractivity contribution >= 4 is 15.7 Å². The smallest absolute Gasteiger partial charge is 0.251 e. The van der Waals surface area contributed by atoms with Gasteiger partial charge in [0.2, 0.25) is 0 Å². The van der Waals surface area contributed by atoms with E-state index in [4.69, 9.17) is 0 Å². The molecule has 0 saturated carbocycles. The molecule has 128 valence electrons. The van der Waals surface area contributed by atoms with Crippen LogP contribution in [0.25, 0.3) is 0 Å². The predicted octanol–water partition coefficient (Wildman–Crippen LogP) is 2.25. The largest absolute Gasteiger partial charge is 0.387 e. The van der Waals surface area contributed by atoms with E-state index in [-0.39, 0.29) is 23.1 Å². The lowest BCUT2D eigenvalue weighted by molar-refractivity contribution is 0.0916. The van der Waals surface area contributed by atoms with E-state index in [9.17, 15) is 18.3 Å². The minimum atomic E-state index is -3.28. The van der Waals surface area contributed by atoms with Gasteiger partial charge < -0.3 is 10.4 Å². The Kier molecular flexibility index (Phi) is 5.75. The molecule has 0 aliphatic rings. The first kappa shape index (κ1) is 18.2. The quantitative estimate of drug-likeness (QED) is 0.839. The number of hydrogen-bond acceptors (Lipinski definition) is 4. The average molecular weight is 347 g/mol. The van der Waals surface area contributed by atoms with Crippen LogP contribution in [0.15, 0.2) is 53.4 Å². The molecule has 0 aliphatic carbocycles. The van der Waals surface area contributed by atoms with Crippen LogP contribution >= 0.6 is 0 Å². The number of sulfone groups is 1. The highest BCUT2D eigenvalue weighted by atomic mass is 32.2. The second-order valence-electron chi connectivity index (χ2n) is 5.56. The Bertz CT molecular complexity index is 796. The Morgan fingerprint density at radius 1 is 1.08 bits per heavy atom. The van der Waals surface area contributed by atoms with Gasteiger partial charge in [-0.15, -0.1) is 0 Å². The second kappa shape index (κ2) is 7.59. The van der Waals surface area contributed by atoms with Crippen LogP contribution in [0.2, 0.25) is 0 Å². The van der Waals surface area contributed by atoms with Crippen LogP contribution in [0, 0.1) is 6.92 Å². The van der Waals surface area contributed by atoms with Crippen molar-refractivity contribution in [1.29, 1.82) is 0 Å². The Balaban J connectivity index is 1.98. The topological polar surface area (TPSA) is 83.5 Å². The van der Waals surface area contributed by atoms with Gasteiger partial charge >= 0.3 is 0 Å². The van der Waals surface area contributed by atoms with Crippen molar-refractivity contribution in [3.63, 3.8) is 0 Å². The van der Waals surface area contributed by atoms with Crippen molar-refractivity contribution in [2.24, 2.45) is 0 Å². The molecule has 1 amide bonds. The third-order valence-corrected chi connectivity index (χ3v) is 5.52. The molecule has 1 atom stereocenters. The molecule has 2 N–H and O–H groups in total. The number of amides is 1. The van der Waals surface area contributed by atoms with Gasteiger partial charge in [-0.05, 0) is 36.8 Å². The van der Waals surface area contributed by atoms with Crippen LogP contribution < -0.4 is 5.32 Å². The number of hydrogen-bond donors (Lipinski definition) is 2. The Labute approximate surface area is 142 Å². The zero-order valence-electron chi connectivity index (χ0n) is 13.7. The van der Waals surface area contributed by atoms with Gasteiger partial charge in [0.05, 0.1) is 16.8 Å². The SMILES string of the molecule is CCS(=O)(=O)c1ccc(C(=O)NC[C@@H](O)c2ccc(C)cc2)cc1. The van der Waals surface area contributed by atoms with Crippen molar-refractivity contribution in [2.45, 2.75) is 24.8 Å². The lowest BCUT2D eigenvalue weighted by Gasteiger charge is -2.13. The molecule has 0 aliphatic heterocycles. The Morgan fingerprint density at radius 3 is 2.21 bits per heavy atom. The zero-order valence-corrected chi connectivity index (χ0v) is 14.5.